The number of rotatable bonds is 11. The van der Waals surface area contributed by atoms with E-state index in [0.717, 1.165) is 16.0 Å². The number of nitrogens with one attached hydrogen (secondary N) is 1. The van der Waals surface area contributed by atoms with E-state index in [9.17, 15) is 9.59 Å². The van der Waals surface area contributed by atoms with E-state index in [0.29, 0.717) is 46.4 Å². The average molecular weight is 522 g/mol. The number of hydrogen-bond donors (Lipinski definition) is 1. The molecule has 0 aliphatic heterocycles. The maximum absolute atomic E-state index is 13.2. The van der Waals surface area contributed by atoms with Gasteiger partial charge in [-0.15, -0.1) is 17.9 Å². The smallest absolute Gasteiger partial charge is 0.263 e. The summed E-state index contributed by atoms with van der Waals surface area (Å²) in [7, 11) is 3.19. The van der Waals surface area contributed by atoms with Crippen LogP contribution >= 0.6 is 23.1 Å². The normalized spacial score (nSPS) is 10.8. The molecule has 0 bridgehead atoms. The van der Waals surface area contributed by atoms with Crippen LogP contribution in [0.5, 0.6) is 11.5 Å². The van der Waals surface area contributed by atoms with Crippen molar-refractivity contribution in [3.63, 3.8) is 0 Å². The minimum Gasteiger partial charge on any atom is -0.493 e. The first kappa shape index (κ1) is 25.5. The van der Waals surface area contributed by atoms with E-state index in [1.807, 2.05) is 54.6 Å². The van der Waals surface area contributed by atoms with Crippen molar-refractivity contribution in [3.05, 3.63) is 83.2 Å². The zero-order chi connectivity index (χ0) is 25.5. The van der Waals surface area contributed by atoms with E-state index in [1.54, 1.807) is 24.9 Å². The van der Waals surface area contributed by atoms with Gasteiger partial charge in [0.25, 0.3) is 5.56 Å². The van der Waals surface area contributed by atoms with Crippen molar-refractivity contribution >= 4 is 39.2 Å². The van der Waals surface area contributed by atoms with Crippen LogP contribution in [0.15, 0.2) is 77.2 Å². The third kappa shape index (κ3) is 5.80. The molecule has 2 aromatic heterocycles. The number of thioether (sulfide) groups is 1. The molecule has 0 saturated carbocycles. The van der Waals surface area contributed by atoms with Crippen molar-refractivity contribution < 1.29 is 14.3 Å². The topological polar surface area (TPSA) is 82.5 Å². The Morgan fingerprint density at radius 1 is 1.14 bits per heavy atom. The molecule has 9 heteroatoms. The number of thiophene rings is 1. The summed E-state index contributed by atoms with van der Waals surface area (Å²) in [6.07, 6.45) is 2.31. The van der Waals surface area contributed by atoms with Crippen LogP contribution in [-0.2, 0) is 17.8 Å². The van der Waals surface area contributed by atoms with E-state index >= 15 is 0 Å². The molecular formula is C27H27N3O4S2. The van der Waals surface area contributed by atoms with Crippen LogP contribution in [-0.4, -0.2) is 42.0 Å². The number of ether oxygens (including phenoxy) is 2. The first-order valence-electron chi connectivity index (χ1n) is 11.3. The second-order valence-corrected chi connectivity index (χ2v) is 9.85. The average Bonchev–Trinajstić information content (AvgIpc) is 3.34. The molecule has 36 heavy (non-hydrogen) atoms. The summed E-state index contributed by atoms with van der Waals surface area (Å²) >= 11 is 2.72. The summed E-state index contributed by atoms with van der Waals surface area (Å²) in [6.45, 7) is 4.57. The molecule has 7 nitrogen and oxygen atoms in total. The van der Waals surface area contributed by atoms with Gasteiger partial charge < -0.3 is 14.8 Å². The molecule has 0 unspecified atom stereocenters. The second kappa shape index (κ2) is 11.9. The van der Waals surface area contributed by atoms with Crippen LogP contribution in [0.2, 0.25) is 0 Å². The Balaban J connectivity index is 1.43. The number of carbonyl (C=O) groups excluding carboxylic acids is 1. The highest BCUT2D eigenvalue weighted by Crippen LogP contribution is 2.32. The molecular weight excluding hydrogens is 494 g/mol. The van der Waals surface area contributed by atoms with Gasteiger partial charge in [-0.1, -0.05) is 54.2 Å². The van der Waals surface area contributed by atoms with Crippen molar-refractivity contribution in [2.75, 3.05) is 26.5 Å². The lowest BCUT2D eigenvalue weighted by Gasteiger charge is -2.11. The van der Waals surface area contributed by atoms with Gasteiger partial charge in [0.1, 0.15) is 4.83 Å². The van der Waals surface area contributed by atoms with Crippen molar-refractivity contribution in [1.29, 1.82) is 0 Å². The summed E-state index contributed by atoms with van der Waals surface area (Å²) in [5.74, 6) is 1.34. The minimum atomic E-state index is -0.130. The molecule has 2 aromatic carbocycles. The monoisotopic (exact) mass is 521 g/mol. The van der Waals surface area contributed by atoms with Crippen LogP contribution in [0.25, 0.3) is 20.7 Å². The standard InChI is InChI=1S/C27H27N3O4S2/c1-4-14-30-26(32)20-16-23(19-8-6-5-7-9-19)36-25(20)29-27(30)35-17-24(31)28-13-12-18-10-11-21(33-2)22(15-18)34-3/h4-11,15-16H,1,12-14,17H2,2-3H3,(H,28,31). The van der Waals surface area contributed by atoms with Gasteiger partial charge in [-0.2, -0.15) is 0 Å². The molecule has 0 saturated heterocycles. The summed E-state index contributed by atoms with van der Waals surface area (Å²) in [4.78, 5) is 32.1. The largest absolute Gasteiger partial charge is 0.493 e. The number of carbonyl (C=O) groups is 1. The molecule has 2 heterocycles. The number of benzene rings is 2. The molecule has 0 fully saturated rings. The van der Waals surface area contributed by atoms with E-state index in [4.69, 9.17) is 14.5 Å². The minimum absolute atomic E-state index is 0.129. The maximum atomic E-state index is 13.2. The first-order chi connectivity index (χ1) is 17.5. The highest BCUT2D eigenvalue weighted by atomic mass is 32.2. The van der Waals surface area contributed by atoms with Crippen LogP contribution in [0.1, 0.15) is 5.56 Å². The quantitative estimate of drug-likeness (QED) is 0.174. The number of allylic oxidation sites excluding steroid dienone is 1. The number of nitrogens with zero attached hydrogens (tertiary/aromatic N) is 2. The number of amides is 1. The zero-order valence-corrected chi connectivity index (χ0v) is 21.8. The number of fused-ring (bicyclic) bond motifs is 1. The molecule has 0 aliphatic rings. The van der Waals surface area contributed by atoms with E-state index < -0.39 is 0 Å². The molecule has 4 rings (SSSR count). The van der Waals surface area contributed by atoms with Crippen LogP contribution in [0.4, 0.5) is 0 Å². The fraction of sp³-hybridized carbons (Fsp3) is 0.222. The van der Waals surface area contributed by atoms with Gasteiger partial charge in [-0.25, -0.2) is 4.98 Å². The molecule has 186 valence electrons. The molecule has 4 aromatic rings. The molecule has 0 spiro atoms. The Labute approximate surface area is 217 Å². The predicted octanol–water partition coefficient (Wildman–Crippen LogP) is 4.78. The SMILES string of the molecule is C=CCn1c(SCC(=O)NCCc2ccc(OC)c(OC)c2)nc2sc(-c3ccccc3)cc2c1=O. The van der Waals surface area contributed by atoms with Gasteiger partial charge in [0.05, 0.1) is 25.4 Å². The number of methoxy groups -OCH3 is 2. The highest BCUT2D eigenvalue weighted by Gasteiger charge is 2.16. The van der Waals surface area contributed by atoms with Crippen LogP contribution in [0, 0.1) is 0 Å². The first-order valence-corrected chi connectivity index (χ1v) is 13.2. The zero-order valence-electron chi connectivity index (χ0n) is 20.2. The van der Waals surface area contributed by atoms with E-state index in [1.165, 1.54) is 23.1 Å². The predicted molar refractivity (Wildman–Crippen MR) is 146 cm³/mol. The molecule has 0 atom stereocenters. The third-order valence-electron chi connectivity index (χ3n) is 5.50. The lowest BCUT2D eigenvalue weighted by molar-refractivity contribution is -0.118. The fourth-order valence-electron chi connectivity index (χ4n) is 3.71. The van der Waals surface area contributed by atoms with Crippen molar-refractivity contribution in [2.24, 2.45) is 0 Å². The second-order valence-electron chi connectivity index (χ2n) is 7.87. The Morgan fingerprint density at radius 3 is 2.64 bits per heavy atom. The molecule has 0 radical (unpaired) electrons. The van der Waals surface area contributed by atoms with Gasteiger partial charge in [-0.05, 0) is 35.7 Å². The Kier molecular flexibility index (Phi) is 8.45. The van der Waals surface area contributed by atoms with Gasteiger partial charge in [0, 0.05) is 18.0 Å². The number of hydrogen-bond acceptors (Lipinski definition) is 7. The van der Waals surface area contributed by atoms with Crippen molar-refractivity contribution in [1.82, 2.24) is 14.9 Å². The number of aromatic nitrogens is 2. The van der Waals surface area contributed by atoms with Crippen molar-refractivity contribution in [3.8, 4) is 21.9 Å². The molecule has 1 amide bonds. The Bertz CT molecular complexity index is 1430. The van der Waals surface area contributed by atoms with Gasteiger partial charge in [-0.3, -0.25) is 14.2 Å². The Morgan fingerprint density at radius 2 is 1.92 bits per heavy atom. The van der Waals surface area contributed by atoms with Crippen LogP contribution in [0.3, 0.4) is 0 Å². The van der Waals surface area contributed by atoms with Gasteiger partial charge in [0.2, 0.25) is 5.91 Å². The third-order valence-corrected chi connectivity index (χ3v) is 7.56. The van der Waals surface area contributed by atoms with Crippen molar-refractivity contribution in [2.45, 2.75) is 18.1 Å². The van der Waals surface area contributed by atoms with E-state index in [2.05, 4.69) is 11.9 Å². The summed E-state index contributed by atoms with van der Waals surface area (Å²) < 4.78 is 12.2. The Hall–Kier alpha value is -3.56. The van der Waals surface area contributed by atoms with Gasteiger partial charge >= 0.3 is 0 Å². The molecule has 1 N–H and O–H groups in total. The lowest BCUT2D eigenvalue weighted by atomic mass is 10.1. The van der Waals surface area contributed by atoms with E-state index in [-0.39, 0.29) is 17.2 Å². The molecule has 0 aliphatic carbocycles. The lowest BCUT2D eigenvalue weighted by Crippen LogP contribution is -2.28. The summed E-state index contributed by atoms with van der Waals surface area (Å²) in [5.41, 5.74) is 1.94. The maximum Gasteiger partial charge on any atom is 0.263 e. The summed E-state index contributed by atoms with van der Waals surface area (Å²) in [6, 6.07) is 17.5. The van der Waals surface area contributed by atoms with Crippen LogP contribution < -0.4 is 20.3 Å². The fourth-order valence-corrected chi connectivity index (χ4v) is 5.62. The summed E-state index contributed by atoms with van der Waals surface area (Å²) in [5, 5.41) is 4.01. The highest BCUT2D eigenvalue weighted by molar-refractivity contribution is 7.99. The van der Waals surface area contributed by atoms with Gasteiger partial charge in [0.15, 0.2) is 16.7 Å².